The number of anilines is 1. The van der Waals surface area contributed by atoms with Crippen LogP contribution < -0.4 is 10.5 Å². The summed E-state index contributed by atoms with van der Waals surface area (Å²) in [5.74, 6) is 0. The van der Waals surface area contributed by atoms with Crippen molar-refractivity contribution in [2.75, 3.05) is 5.73 Å². The van der Waals surface area contributed by atoms with Gasteiger partial charge in [-0.1, -0.05) is 24.4 Å². The van der Waals surface area contributed by atoms with Gasteiger partial charge in [-0.25, -0.2) is 13.1 Å². The Bertz CT molecular complexity index is 528. The molecule has 0 heterocycles. The van der Waals surface area contributed by atoms with Crippen LogP contribution in [0.1, 0.15) is 31.2 Å². The fourth-order valence-corrected chi connectivity index (χ4v) is 3.82. The van der Waals surface area contributed by atoms with E-state index in [9.17, 15) is 8.42 Å². The van der Waals surface area contributed by atoms with Crippen LogP contribution in [0.2, 0.25) is 5.02 Å². The number of nitrogens with one attached hydrogen (secondary N) is 1. The summed E-state index contributed by atoms with van der Waals surface area (Å²) in [4.78, 5) is 0.141. The zero-order valence-electron chi connectivity index (χ0n) is 10.2. The normalized spacial score (nSPS) is 17.2. The lowest BCUT2D eigenvalue weighted by Crippen LogP contribution is -2.32. The third kappa shape index (κ3) is 2.79. The second kappa shape index (κ2) is 5.07. The van der Waals surface area contributed by atoms with Gasteiger partial charge < -0.3 is 5.73 Å². The Hall–Kier alpha value is -0.780. The van der Waals surface area contributed by atoms with E-state index in [-0.39, 0.29) is 10.9 Å². The number of hydrogen-bond acceptors (Lipinski definition) is 3. The SMILES string of the molecule is Cc1c(N)cc(S(=O)(=O)NC2CCCC2)cc1Cl. The van der Waals surface area contributed by atoms with E-state index in [4.69, 9.17) is 17.3 Å². The zero-order valence-corrected chi connectivity index (χ0v) is 11.8. The van der Waals surface area contributed by atoms with Crippen LogP contribution in [-0.2, 0) is 10.0 Å². The highest BCUT2D eigenvalue weighted by molar-refractivity contribution is 7.89. The smallest absolute Gasteiger partial charge is 0.240 e. The molecule has 18 heavy (non-hydrogen) atoms. The van der Waals surface area contributed by atoms with Gasteiger partial charge in [0.05, 0.1) is 4.90 Å². The summed E-state index contributed by atoms with van der Waals surface area (Å²) < 4.78 is 27.1. The Balaban J connectivity index is 2.29. The number of sulfonamides is 1. The molecule has 1 aromatic rings. The molecule has 1 aromatic carbocycles. The van der Waals surface area contributed by atoms with E-state index in [2.05, 4.69) is 4.72 Å². The van der Waals surface area contributed by atoms with E-state index in [0.29, 0.717) is 16.3 Å². The van der Waals surface area contributed by atoms with Gasteiger partial charge in [0.25, 0.3) is 0 Å². The number of halogens is 1. The molecule has 0 bridgehead atoms. The average molecular weight is 289 g/mol. The lowest BCUT2D eigenvalue weighted by molar-refractivity contribution is 0.552. The van der Waals surface area contributed by atoms with E-state index < -0.39 is 10.0 Å². The fraction of sp³-hybridized carbons (Fsp3) is 0.500. The van der Waals surface area contributed by atoms with Gasteiger partial charge >= 0.3 is 0 Å². The van der Waals surface area contributed by atoms with Gasteiger partial charge in [0.15, 0.2) is 0 Å². The minimum atomic E-state index is -3.52. The second-order valence-electron chi connectivity index (χ2n) is 4.72. The van der Waals surface area contributed by atoms with Crippen LogP contribution in [0.25, 0.3) is 0 Å². The summed E-state index contributed by atoms with van der Waals surface area (Å²) in [5, 5.41) is 0.377. The Morgan fingerprint density at radius 2 is 1.94 bits per heavy atom. The quantitative estimate of drug-likeness (QED) is 0.839. The van der Waals surface area contributed by atoms with Gasteiger partial charge in [0.1, 0.15) is 0 Å². The lowest BCUT2D eigenvalue weighted by Gasteiger charge is -2.14. The first kappa shape index (κ1) is 13.6. The van der Waals surface area contributed by atoms with Crippen LogP contribution in [0, 0.1) is 6.92 Å². The van der Waals surface area contributed by atoms with Gasteiger partial charge in [0.2, 0.25) is 10.0 Å². The largest absolute Gasteiger partial charge is 0.398 e. The molecular formula is C12H17ClN2O2S. The van der Waals surface area contributed by atoms with Crippen LogP contribution in [0.5, 0.6) is 0 Å². The number of benzene rings is 1. The Morgan fingerprint density at radius 1 is 1.33 bits per heavy atom. The van der Waals surface area contributed by atoms with Crippen molar-refractivity contribution in [3.8, 4) is 0 Å². The van der Waals surface area contributed by atoms with Crippen molar-refractivity contribution in [3.63, 3.8) is 0 Å². The van der Waals surface area contributed by atoms with Crippen LogP contribution in [0.3, 0.4) is 0 Å². The molecule has 0 radical (unpaired) electrons. The molecule has 1 fully saturated rings. The average Bonchev–Trinajstić information content (AvgIpc) is 2.77. The van der Waals surface area contributed by atoms with Crippen LogP contribution in [-0.4, -0.2) is 14.5 Å². The molecule has 0 amide bonds. The maximum Gasteiger partial charge on any atom is 0.240 e. The molecule has 1 aliphatic carbocycles. The summed E-state index contributed by atoms with van der Waals surface area (Å²) in [6.45, 7) is 1.76. The summed E-state index contributed by atoms with van der Waals surface area (Å²) in [6, 6.07) is 2.94. The highest BCUT2D eigenvalue weighted by atomic mass is 35.5. The van der Waals surface area contributed by atoms with Crippen molar-refractivity contribution in [2.45, 2.75) is 43.5 Å². The van der Waals surface area contributed by atoms with Crippen molar-refractivity contribution in [2.24, 2.45) is 0 Å². The van der Waals surface area contributed by atoms with Crippen LogP contribution >= 0.6 is 11.6 Å². The molecule has 0 unspecified atom stereocenters. The van der Waals surface area contributed by atoms with Gasteiger partial charge in [-0.2, -0.15) is 0 Å². The molecule has 0 saturated heterocycles. The van der Waals surface area contributed by atoms with Gasteiger partial charge in [-0.15, -0.1) is 0 Å². The van der Waals surface area contributed by atoms with Crippen molar-refractivity contribution in [1.82, 2.24) is 4.72 Å². The summed E-state index contributed by atoms with van der Waals surface area (Å²) in [5.41, 5.74) is 6.85. The first-order chi connectivity index (χ1) is 8.40. The molecule has 4 nitrogen and oxygen atoms in total. The maximum atomic E-state index is 12.2. The lowest BCUT2D eigenvalue weighted by atomic mass is 10.2. The second-order valence-corrected chi connectivity index (χ2v) is 6.84. The minimum Gasteiger partial charge on any atom is -0.398 e. The number of rotatable bonds is 3. The molecule has 100 valence electrons. The topological polar surface area (TPSA) is 72.2 Å². The minimum absolute atomic E-state index is 0.0382. The summed E-state index contributed by atoms with van der Waals surface area (Å²) in [7, 11) is -3.52. The van der Waals surface area contributed by atoms with E-state index >= 15 is 0 Å². The Kier molecular flexibility index (Phi) is 3.84. The molecule has 0 aliphatic heterocycles. The number of hydrogen-bond donors (Lipinski definition) is 2. The monoisotopic (exact) mass is 288 g/mol. The molecule has 1 aliphatic rings. The standard InChI is InChI=1S/C12H17ClN2O2S/c1-8-11(13)6-10(7-12(8)14)18(16,17)15-9-4-2-3-5-9/h6-7,9,15H,2-5,14H2,1H3. The predicted molar refractivity (Wildman–Crippen MR) is 73.2 cm³/mol. The van der Waals surface area contributed by atoms with Gasteiger partial charge in [-0.05, 0) is 37.5 Å². The Labute approximate surface area is 113 Å². The first-order valence-electron chi connectivity index (χ1n) is 5.98. The summed E-state index contributed by atoms with van der Waals surface area (Å²) >= 11 is 5.97. The highest BCUT2D eigenvalue weighted by Crippen LogP contribution is 2.27. The molecule has 6 heteroatoms. The first-order valence-corrected chi connectivity index (χ1v) is 7.84. The van der Waals surface area contributed by atoms with E-state index in [1.807, 2.05) is 0 Å². The summed E-state index contributed by atoms with van der Waals surface area (Å²) in [6.07, 6.45) is 3.94. The number of nitrogen functional groups attached to an aromatic ring is 1. The molecule has 3 N–H and O–H groups in total. The predicted octanol–water partition coefficient (Wildman–Crippen LogP) is 2.45. The highest BCUT2D eigenvalue weighted by Gasteiger charge is 2.23. The molecule has 0 atom stereocenters. The number of nitrogens with two attached hydrogens (primary N) is 1. The van der Waals surface area contributed by atoms with Crippen molar-refractivity contribution >= 4 is 27.3 Å². The molecule has 2 rings (SSSR count). The van der Waals surface area contributed by atoms with E-state index in [1.54, 1.807) is 6.92 Å². The molecular weight excluding hydrogens is 272 g/mol. The molecule has 0 spiro atoms. The maximum absolute atomic E-state index is 12.2. The van der Waals surface area contributed by atoms with Crippen LogP contribution in [0.15, 0.2) is 17.0 Å². The third-order valence-corrected chi connectivity index (χ3v) is 5.24. The molecule has 1 saturated carbocycles. The van der Waals surface area contributed by atoms with Crippen molar-refractivity contribution in [3.05, 3.63) is 22.7 Å². The zero-order chi connectivity index (χ0) is 13.3. The molecule has 0 aromatic heterocycles. The van der Waals surface area contributed by atoms with E-state index in [0.717, 1.165) is 25.7 Å². The van der Waals surface area contributed by atoms with Gasteiger partial charge in [0, 0.05) is 16.8 Å². The fourth-order valence-electron chi connectivity index (χ4n) is 2.16. The van der Waals surface area contributed by atoms with Crippen molar-refractivity contribution < 1.29 is 8.42 Å². The van der Waals surface area contributed by atoms with E-state index in [1.165, 1.54) is 12.1 Å². The third-order valence-electron chi connectivity index (χ3n) is 3.35. The van der Waals surface area contributed by atoms with Gasteiger partial charge in [-0.3, -0.25) is 0 Å². The van der Waals surface area contributed by atoms with Crippen LogP contribution in [0.4, 0.5) is 5.69 Å². The van der Waals surface area contributed by atoms with Crippen molar-refractivity contribution in [1.29, 1.82) is 0 Å². The Morgan fingerprint density at radius 3 is 2.50 bits per heavy atom.